The fourth-order valence-electron chi connectivity index (χ4n) is 1.57. The minimum absolute atomic E-state index is 0.0730. The van der Waals surface area contributed by atoms with Crippen LogP contribution in [-0.4, -0.2) is 36.4 Å². The summed E-state index contributed by atoms with van der Waals surface area (Å²) in [5.74, 6) is 0.319. The van der Waals surface area contributed by atoms with Crippen LogP contribution in [0, 0.1) is 10.1 Å². The van der Waals surface area contributed by atoms with Gasteiger partial charge in [0, 0.05) is 25.7 Å². The highest BCUT2D eigenvalue weighted by atomic mass is 16.6. The van der Waals surface area contributed by atoms with Crippen LogP contribution in [0.2, 0.25) is 0 Å². The predicted molar refractivity (Wildman–Crippen MR) is 71.3 cm³/mol. The summed E-state index contributed by atoms with van der Waals surface area (Å²) in [6.07, 6.45) is 1.41. The van der Waals surface area contributed by atoms with Crippen LogP contribution in [-0.2, 0) is 11.2 Å². The zero-order valence-corrected chi connectivity index (χ0v) is 11.4. The van der Waals surface area contributed by atoms with Crippen LogP contribution in [0.15, 0.2) is 18.2 Å². The number of nitro groups is 1. The van der Waals surface area contributed by atoms with Gasteiger partial charge in [0.25, 0.3) is 11.6 Å². The SMILES string of the molecule is CCCc1cc(OCC(=O)N(C)C)ccc1[N+](=O)[O-]. The fraction of sp³-hybridized carbons (Fsp3) is 0.462. The van der Waals surface area contributed by atoms with E-state index in [1.54, 1.807) is 20.2 Å². The van der Waals surface area contributed by atoms with E-state index in [1.165, 1.54) is 17.0 Å². The molecule has 1 amide bonds. The van der Waals surface area contributed by atoms with Crippen molar-refractivity contribution >= 4 is 11.6 Å². The van der Waals surface area contributed by atoms with Gasteiger partial charge in [-0.05, 0) is 18.6 Å². The molecule has 0 unspecified atom stereocenters. The zero-order valence-electron chi connectivity index (χ0n) is 11.4. The predicted octanol–water partition coefficient (Wildman–Crippen LogP) is 2.01. The van der Waals surface area contributed by atoms with Crippen molar-refractivity contribution in [2.75, 3.05) is 20.7 Å². The number of amides is 1. The van der Waals surface area contributed by atoms with E-state index in [0.717, 1.165) is 6.42 Å². The van der Waals surface area contributed by atoms with Gasteiger partial charge in [-0.2, -0.15) is 0 Å². The lowest BCUT2D eigenvalue weighted by Gasteiger charge is -2.12. The Morgan fingerprint density at radius 3 is 2.63 bits per heavy atom. The van der Waals surface area contributed by atoms with Gasteiger partial charge >= 0.3 is 0 Å². The Balaban J connectivity index is 2.83. The lowest BCUT2D eigenvalue weighted by atomic mass is 10.1. The third-order valence-electron chi connectivity index (χ3n) is 2.63. The third-order valence-corrected chi connectivity index (χ3v) is 2.63. The van der Waals surface area contributed by atoms with Crippen molar-refractivity contribution in [1.82, 2.24) is 4.90 Å². The zero-order chi connectivity index (χ0) is 14.4. The largest absolute Gasteiger partial charge is 0.484 e. The molecule has 0 saturated carbocycles. The Labute approximate surface area is 112 Å². The molecule has 104 valence electrons. The number of rotatable bonds is 6. The molecule has 6 nitrogen and oxygen atoms in total. The summed E-state index contributed by atoms with van der Waals surface area (Å²) in [5.41, 5.74) is 0.718. The van der Waals surface area contributed by atoms with E-state index in [0.29, 0.717) is 17.7 Å². The monoisotopic (exact) mass is 266 g/mol. The van der Waals surface area contributed by atoms with E-state index in [9.17, 15) is 14.9 Å². The number of aryl methyl sites for hydroxylation is 1. The first-order valence-electron chi connectivity index (χ1n) is 6.06. The van der Waals surface area contributed by atoms with E-state index in [4.69, 9.17) is 4.74 Å². The van der Waals surface area contributed by atoms with Gasteiger partial charge in [0.2, 0.25) is 0 Å². The van der Waals surface area contributed by atoms with Gasteiger partial charge in [-0.1, -0.05) is 13.3 Å². The van der Waals surface area contributed by atoms with Gasteiger partial charge < -0.3 is 9.64 Å². The molecule has 0 fully saturated rings. The van der Waals surface area contributed by atoms with Crippen molar-refractivity contribution < 1.29 is 14.5 Å². The number of carbonyl (C=O) groups excluding carboxylic acids is 1. The second-order valence-corrected chi connectivity index (χ2v) is 4.37. The number of ether oxygens (including phenoxy) is 1. The average molecular weight is 266 g/mol. The Morgan fingerprint density at radius 2 is 2.11 bits per heavy atom. The number of hydrogen-bond donors (Lipinski definition) is 0. The molecule has 0 N–H and O–H groups in total. The molecule has 0 aliphatic rings. The normalized spacial score (nSPS) is 10.1. The van der Waals surface area contributed by atoms with Crippen molar-refractivity contribution in [2.45, 2.75) is 19.8 Å². The summed E-state index contributed by atoms with van der Waals surface area (Å²) >= 11 is 0. The fourth-order valence-corrected chi connectivity index (χ4v) is 1.57. The van der Waals surface area contributed by atoms with Crippen LogP contribution >= 0.6 is 0 Å². The third kappa shape index (κ3) is 4.24. The molecule has 0 radical (unpaired) electrons. The van der Waals surface area contributed by atoms with Gasteiger partial charge in [-0.3, -0.25) is 14.9 Å². The Kier molecular flexibility index (Phi) is 5.29. The maximum absolute atomic E-state index is 11.4. The number of benzene rings is 1. The second-order valence-electron chi connectivity index (χ2n) is 4.37. The van der Waals surface area contributed by atoms with Crippen LogP contribution < -0.4 is 4.74 Å². The quantitative estimate of drug-likeness (QED) is 0.583. The maximum atomic E-state index is 11.4. The number of carbonyl (C=O) groups is 1. The molecule has 0 aliphatic heterocycles. The summed E-state index contributed by atoms with van der Waals surface area (Å²) < 4.78 is 5.34. The minimum atomic E-state index is -0.403. The molecule has 0 aromatic heterocycles. The number of nitro benzene ring substituents is 1. The molecule has 0 atom stereocenters. The van der Waals surface area contributed by atoms with Crippen molar-refractivity contribution in [3.8, 4) is 5.75 Å². The lowest BCUT2D eigenvalue weighted by Crippen LogP contribution is -2.27. The highest BCUT2D eigenvalue weighted by molar-refractivity contribution is 5.77. The van der Waals surface area contributed by atoms with Gasteiger partial charge in [-0.25, -0.2) is 0 Å². The van der Waals surface area contributed by atoms with E-state index in [-0.39, 0.29) is 18.2 Å². The van der Waals surface area contributed by atoms with Crippen molar-refractivity contribution in [3.63, 3.8) is 0 Å². The molecular formula is C13H18N2O4. The smallest absolute Gasteiger partial charge is 0.272 e. The summed E-state index contributed by atoms with van der Waals surface area (Å²) in [6.45, 7) is 1.88. The Morgan fingerprint density at radius 1 is 1.42 bits per heavy atom. The van der Waals surface area contributed by atoms with Crippen molar-refractivity contribution in [1.29, 1.82) is 0 Å². The van der Waals surface area contributed by atoms with Crippen molar-refractivity contribution in [2.24, 2.45) is 0 Å². The molecular weight excluding hydrogens is 248 g/mol. The summed E-state index contributed by atoms with van der Waals surface area (Å²) in [4.78, 5) is 23.3. The maximum Gasteiger partial charge on any atom is 0.272 e. The summed E-state index contributed by atoms with van der Waals surface area (Å²) in [6, 6.07) is 4.56. The van der Waals surface area contributed by atoms with E-state index >= 15 is 0 Å². The molecule has 0 bridgehead atoms. The van der Waals surface area contributed by atoms with Gasteiger partial charge in [-0.15, -0.1) is 0 Å². The van der Waals surface area contributed by atoms with Gasteiger partial charge in [0.05, 0.1) is 4.92 Å². The van der Waals surface area contributed by atoms with Crippen LogP contribution in [0.5, 0.6) is 5.75 Å². The van der Waals surface area contributed by atoms with Crippen LogP contribution in [0.4, 0.5) is 5.69 Å². The van der Waals surface area contributed by atoms with E-state index in [2.05, 4.69) is 0 Å². The molecule has 6 heteroatoms. The molecule has 0 aliphatic carbocycles. The number of hydrogen-bond acceptors (Lipinski definition) is 4. The molecule has 0 heterocycles. The number of nitrogens with zero attached hydrogens (tertiary/aromatic N) is 2. The summed E-state index contributed by atoms with van der Waals surface area (Å²) in [7, 11) is 3.29. The van der Waals surface area contributed by atoms with Crippen molar-refractivity contribution in [3.05, 3.63) is 33.9 Å². The standard InChI is InChI=1S/C13H18N2O4/c1-4-5-10-8-11(6-7-12(10)15(17)18)19-9-13(16)14(2)3/h6-8H,4-5,9H2,1-3H3. The second kappa shape index (κ2) is 6.72. The molecule has 19 heavy (non-hydrogen) atoms. The molecule has 1 rings (SSSR count). The highest BCUT2D eigenvalue weighted by Gasteiger charge is 2.14. The van der Waals surface area contributed by atoms with Gasteiger partial charge in [0.1, 0.15) is 5.75 Å². The van der Waals surface area contributed by atoms with E-state index in [1.807, 2.05) is 6.92 Å². The Hall–Kier alpha value is -2.11. The van der Waals surface area contributed by atoms with Gasteiger partial charge in [0.15, 0.2) is 6.61 Å². The summed E-state index contributed by atoms with van der Waals surface area (Å²) in [5, 5.41) is 10.9. The topological polar surface area (TPSA) is 72.7 Å². The first-order valence-corrected chi connectivity index (χ1v) is 6.06. The Bertz CT molecular complexity index is 472. The molecule has 0 saturated heterocycles. The molecule has 1 aromatic rings. The lowest BCUT2D eigenvalue weighted by molar-refractivity contribution is -0.385. The molecule has 1 aromatic carbocycles. The van der Waals surface area contributed by atoms with Crippen LogP contribution in [0.25, 0.3) is 0 Å². The van der Waals surface area contributed by atoms with Crippen LogP contribution in [0.3, 0.4) is 0 Å². The highest BCUT2D eigenvalue weighted by Crippen LogP contribution is 2.25. The van der Waals surface area contributed by atoms with Crippen LogP contribution in [0.1, 0.15) is 18.9 Å². The number of likely N-dealkylation sites (N-methyl/N-ethyl adjacent to an activating group) is 1. The minimum Gasteiger partial charge on any atom is -0.484 e. The molecule has 0 spiro atoms. The van der Waals surface area contributed by atoms with E-state index < -0.39 is 4.92 Å². The first-order chi connectivity index (χ1) is 8.95. The first kappa shape index (κ1) is 14.9. The average Bonchev–Trinajstić information content (AvgIpc) is 2.36.